The zero-order chi connectivity index (χ0) is 16.0. The van der Waals surface area contributed by atoms with Gasteiger partial charge in [-0.05, 0) is 31.7 Å². The highest BCUT2D eigenvalue weighted by Crippen LogP contribution is 2.28. The van der Waals surface area contributed by atoms with Crippen LogP contribution in [0.25, 0.3) is 5.65 Å². The van der Waals surface area contributed by atoms with Crippen molar-refractivity contribution in [1.29, 1.82) is 0 Å². The SMILES string of the molecule is Cc1ccn2cc(C(=O)Nc3nc4c(s3)CN(C)CC4)nc2c1. The highest BCUT2D eigenvalue weighted by atomic mass is 32.1. The van der Waals surface area contributed by atoms with Crippen LogP contribution in [0.15, 0.2) is 24.5 Å². The molecule has 0 radical (unpaired) electrons. The van der Waals surface area contributed by atoms with Crippen LogP contribution >= 0.6 is 11.3 Å². The highest BCUT2D eigenvalue weighted by molar-refractivity contribution is 7.15. The van der Waals surface area contributed by atoms with Gasteiger partial charge in [0.2, 0.25) is 0 Å². The fourth-order valence-electron chi connectivity index (χ4n) is 2.73. The zero-order valence-electron chi connectivity index (χ0n) is 13.0. The molecule has 0 aromatic carbocycles. The molecule has 6 nitrogen and oxygen atoms in total. The van der Waals surface area contributed by atoms with Crippen molar-refractivity contribution in [3.63, 3.8) is 0 Å². The van der Waals surface area contributed by atoms with Gasteiger partial charge in [-0.3, -0.25) is 10.1 Å². The molecule has 4 rings (SSSR count). The summed E-state index contributed by atoms with van der Waals surface area (Å²) in [5, 5.41) is 3.54. The van der Waals surface area contributed by atoms with Crippen LogP contribution in [0, 0.1) is 6.92 Å². The molecule has 23 heavy (non-hydrogen) atoms. The molecule has 7 heteroatoms. The monoisotopic (exact) mass is 327 g/mol. The van der Waals surface area contributed by atoms with Crippen LogP contribution in [0.1, 0.15) is 26.6 Å². The lowest BCUT2D eigenvalue weighted by atomic mass is 10.2. The number of carbonyl (C=O) groups is 1. The van der Waals surface area contributed by atoms with E-state index < -0.39 is 0 Å². The third-order valence-corrected chi connectivity index (χ3v) is 4.99. The molecule has 0 spiro atoms. The van der Waals surface area contributed by atoms with Crippen LogP contribution in [-0.4, -0.2) is 38.8 Å². The molecule has 4 heterocycles. The fraction of sp³-hybridized carbons (Fsp3) is 0.312. The number of thiazole rings is 1. The molecule has 1 amide bonds. The maximum absolute atomic E-state index is 12.4. The molecule has 0 unspecified atom stereocenters. The van der Waals surface area contributed by atoms with Crippen LogP contribution < -0.4 is 5.32 Å². The highest BCUT2D eigenvalue weighted by Gasteiger charge is 2.20. The van der Waals surface area contributed by atoms with Crippen molar-refractivity contribution >= 4 is 28.0 Å². The second-order valence-corrected chi connectivity index (χ2v) is 7.01. The summed E-state index contributed by atoms with van der Waals surface area (Å²) in [7, 11) is 2.10. The number of amides is 1. The molecule has 0 saturated carbocycles. The van der Waals surface area contributed by atoms with Crippen LogP contribution in [0.5, 0.6) is 0 Å². The Bertz CT molecular complexity index is 897. The number of rotatable bonds is 2. The maximum Gasteiger partial charge on any atom is 0.277 e. The number of carbonyl (C=O) groups excluding carboxylic acids is 1. The quantitative estimate of drug-likeness (QED) is 0.785. The number of imidazole rings is 1. The Kier molecular flexibility index (Phi) is 3.39. The number of hydrogen-bond acceptors (Lipinski definition) is 5. The molecule has 1 aliphatic heterocycles. The van der Waals surface area contributed by atoms with E-state index in [0.717, 1.165) is 36.4 Å². The van der Waals surface area contributed by atoms with Gasteiger partial charge in [-0.2, -0.15) is 0 Å². The second-order valence-electron chi connectivity index (χ2n) is 5.93. The first-order valence-corrected chi connectivity index (χ1v) is 8.34. The summed E-state index contributed by atoms with van der Waals surface area (Å²) < 4.78 is 1.85. The van der Waals surface area contributed by atoms with E-state index in [0.29, 0.717) is 10.8 Å². The number of fused-ring (bicyclic) bond motifs is 2. The summed E-state index contributed by atoms with van der Waals surface area (Å²) in [6.45, 7) is 3.91. The number of hydrogen-bond donors (Lipinski definition) is 1. The van der Waals surface area contributed by atoms with Crippen molar-refractivity contribution in [2.24, 2.45) is 0 Å². The van der Waals surface area contributed by atoms with E-state index in [-0.39, 0.29) is 5.91 Å². The molecule has 0 atom stereocenters. The predicted molar refractivity (Wildman–Crippen MR) is 90.0 cm³/mol. The number of likely N-dealkylation sites (N-methyl/N-ethyl adjacent to an activating group) is 1. The first-order valence-electron chi connectivity index (χ1n) is 7.52. The molecule has 1 N–H and O–H groups in total. The molecule has 0 bridgehead atoms. The fourth-order valence-corrected chi connectivity index (χ4v) is 3.81. The Morgan fingerprint density at radius 3 is 3.13 bits per heavy atom. The number of aromatic nitrogens is 3. The number of aryl methyl sites for hydroxylation is 1. The van der Waals surface area contributed by atoms with Gasteiger partial charge >= 0.3 is 0 Å². The minimum absolute atomic E-state index is 0.217. The standard InChI is InChI=1S/C16H17N5OS/c1-10-3-6-21-8-12(17-14(21)7-10)15(22)19-16-18-11-4-5-20(2)9-13(11)23-16/h3,6-8H,4-5,9H2,1-2H3,(H,18,19,22). The lowest BCUT2D eigenvalue weighted by Gasteiger charge is -2.20. The predicted octanol–water partition coefficient (Wildman–Crippen LogP) is 2.34. The maximum atomic E-state index is 12.4. The smallest absolute Gasteiger partial charge is 0.277 e. The normalized spacial score (nSPS) is 14.9. The van der Waals surface area contributed by atoms with Crippen molar-refractivity contribution in [3.8, 4) is 0 Å². The molecule has 1 aliphatic rings. The van der Waals surface area contributed by atoms with Crippen LogP contribution in [0.4, 0.5) is 5.13 Å². The van der Waals surface area contributed by atoms with Crippen LogP contribution in [0.2, 0.25) is 0 Å². The van der Waals surface area contributed by atoms with Crippen molar-refractivity contribution < 1.29 is 4.79 Å². The Hall–Kier alpha value is -2.25. The van der Waals surface area contributed by atoms with Crippen LogP contribution in [0.3, 0.4) is 0 Å². The van der Waals surface area contributed by atoms with Gasteiger partial charge in [0.15, 0.2) is 5.13 Å². The summed E-state index contributed by atoms with van der Waals surface area (Å²) in [6, 6.07) is 3.94. The summed E-state index contributed by atoms with van der Waals surface area (Å²) in [5.41, 5.74) is 3.40. The summed E-state index contributed by atoms with van der Waals surface area (Å²) in [5.74, 6) is -0.217. The second kappa shape index (κ2) is 5.43. The van der Waals surface area contributed by atoms with E-state index in [1.165, 1.54) is 4.88 Å². The molecule has 0 saturated heterocycles. The first-order chi connectivity index (χ1) is 11.1. The van der Waals surface area contributed by atoms with E-state index >= 15 is 0 Å². The molecule has 0 fully saturated rings. The van der Waals surface area contributed by atoms with Crippen molar-refractivity contribution in [2.45, 2.75) is 19.9 Å². The summed E-state index contributed by atoms with van der Waals surface area (Å²) >= 11 is 1.55. The number of anilines is 1. The van der Waals surface area contributed by atoms with Crippen molar-refractivity contribution in [2.75, 3.05) is 18.9 Å². The largest absolute Gasteiger partial charge is 0.306 e. The van der Waals surface area contributed by atoms with Gasteiger partial charge in [0, 0.05) is 36.8 Å². The average molecular weight is 327 g/mol. The molecular weight excluding hydrogens is 310 g/mol. The van der Waals surface area contributed by atoms with E-state index in [1.807, 2.05) is 29.7 Å². The number of pyridine rings is 1. The summed E-state index contributed by atoms with van der Waals surface area (Å²) in [6.07, 6.45) is 4.59. The van der Waals surface area contributed by atoms with Gasteiger partial charge in [-0.25, -0.2) is 9.97 Å². The average Bonchev–Trinajstić information content (AvgIpc) is 3.09. The minimum Gasteiger partial charge on any atom is -0.306 e. The molecule has 0 aliphatic carbocycles. The van der Waals surface area contributed by atoms with Gasteiger partial charge in [0.25, 0.3) is 5.91 Å². The van der Waals surface area contributed by atoms with E-state index in [1.54, 1.807) is 17.5 Å². The Labute approximate surface area is 137 Å². The lowest BCUT2D eigenvalue weighted by Crippen LogP contribution is -2.25. The molecule has 118 valence electrons. The molecule has 3 aromatic heterocycles. The number of nitrogens with one attached hydrogen (secondary N) is 1. The molecular formula is C16H17N5OS. The third kappa shape index (κ3) is 2.73. The third-order valence-electron chi connectivity index (χ3n) is 3.99. The van der Waals surface area contributed by atoms with Gasteiger partial charge in [-0.15, -0.1) is 11.3 Å². The van der Waals surface area contributed by atoms with Crippen molar-refractivity contribution in [3.05, 3.63) is 46.4 Å². The minimum atomic E-state index is -0.217. The first kappa shape index (κ1) is 14.3. The van der Waals surface area contributed by atoms with Crippen molar-refractivity contribution in [1.82, 2.24) is 19.3 Å². The van der Waals surface area contributed by atoms with E-state index in [2.05, 4.69) is 27.2 Å². The summed E-state index contributed by atoms with van der Waals surface area (Å²) in [4.78, 5) is 24.8. The van der Waals surface area contributed by atoms with E-state index in [4.69, 9.17) is 0 Å². The Morgan fingerprint density at radius 2 is 2.26 bits per heavy atom. The van der Waals surface area contributed by atoms with Gasteiger partial charge in [-0.1, -0.05) is 0 Å². The lowest BCUT2D eigenvalue weighted by molar-refractivity contribution is 0.102. The number of nitrogens with zero attached hydrogens (tertiary/aromatic N) is 4. The van der Waals surface area contributed by atoms with Gasteiger partial charge in [0.05, 0.1) is 5.69 Å². The van der Waals surface area contributed by atoms with E-state index in [9.17, 15) is 4.79 Å². The van der Waals surface area contributed by atoms with Crippen LogP contribution in [-0.2, 0) is 13.0 Å². The Balaban J connectivity index is 1.57. The van der Waals surface area contributed by atoms with Gasteiger partial charge in [0.1, 0.15) is 11.3 Å². The Morgan fingerprint density at radius 1 is 1.39 bits per heavy atom. The topological polar surface area (TPSA) is 62.5 Å². The zero-order valence-corrected chi connectivity index (χ0v) is 13.9. The molecule has 3 aromatic rings. The van der Waals surface area contributed by atoms with Gasteiger partial charge < -0.3 is 9.30 Å².